The largest absolute Gasteiger partial charge is 0.439 e. The molecule has 1 aromatic heterocycles. The Balaban J connectivity index is 1.37. The maximum Gasteiger partial charge on any atom is 0.416 e. The number of ether oxygens (including phenoxy) is 1. The molecule has 0 atom stereocenters. The Hall–Kier alpha value is -4.23. The van der Waals surface area contributed by atoms with Gasteiger partial charge < -0.3 is 15.4 Å². The van der Waals surface area contributed by atoms with Gasteiger partial charge in [-0.05, 0) is 55.4 Å². The van der Waals surface area contributed by atoms with Gasteiger partial charge in [0.25, 0.3) is 5.91 Å². The van der Waals surface area contributed by atoms with Crippen LogP contribution in [-0.2, 0) is 17.5 Å². The molecule has 210 valence electrons. The number of piperazine rings is 1. The minimum Gasteiger partial charge on any atom is -0.439 e. The van der Waals surface area contributed by atoms with Gasteiger partial charge >= 0.3 is 12.2 Å². The first-order valence-electron chi connectivity index (χ1n) is 12.6. The van der Waals surface area contributed by atoms with Gasteiger partial charge in [-0.2, -0.15) is 18.2 Å². The van der Waals surface area contributed by atoms with Crippen molar-refractivity contribution in [2.24, 2.45) is 0 Å². The molecule has 3 heterocycles. The lowest BCUT2D eigenvalue weighted by Crippen LogP contribution is -2.44. The van der Waals surface area contributed by atoms with Crippen LogP contribution in [0.5, 0.6) is 11.6 Å². The molecule has 0 aliphatic carbocycles. The second kappa shape index (κ2) is 10.7. The average Bonchev–Trinajstić information content (AvgIpc) is 3.19. The second-order valence-corrected chi connectivity index (χ2v) is 9.82. The minimum absolute atomic E-state index is 0.00857. The molecule has 2 aliphatic rings. The van der Waals surface area contributed by atoms with E-state index in [1.165, 1.54) is 30.5 Å². The first-order chi connectivity index (χ1) is 19.0. The Morgan fingerprint density at radius 3 is 2.45 bits per heavy atom. The fraction of sp³-hybridized carbons (Fsp3) is 0.333. The predicted octanol–water partition coefficient (Wildman–Crippen LogP) is 3.90. The third-order valence-electron chi connectivity index (χ3n) is 6.95. The van der Waals surface area contributed by atoms with Crippen LogP contribution in [0.1, 0.15) is 16.7 Å². The van der Waals surface area contributed by atoms with Crippen molar-refractivity contribution in [1.29, 1.82) is 0 Å². The Labute approximate surface area is 228 Å². The highest BCUT2D eigenvalue weighted by Crippen LogP contribution is 2.37. The van der Waals surface area contributed by atoms with Crippen molar-refractivity contribution in [2.45, 2.75) is 19.6 Å². The Bertz CT molecular complexity index is 1440. The fourth-order valence-corrected chi connectivity index (χ4v) is 4.80. The van der Waals surface area contributed by atoms with Gasteiger partial charge in [-0.3, -0.25) is 14.6 Å². The predicted molar refractivity (Wildman–Crippen MR) is 142 cm³/mol. The van der Waals surface area contributed by atoms with Crippen LogP contribution in [0.4, 0.5) is 35.3 Å². The van der Waals surface area contributed by atoms with Crippen molar-refractivity contribution < 1.29 is 27.5 Å². The Morgan fingerprint density at radius 2 is 1.77 bits per heavy atom. The summed E-state index contributed by atoms with van der Waals surface area (Å²) in [5.41, 5.74) is 5.74. The number of carbonyl (C=O) groups excluding carboxylic acids is 2. The third kappa shape index (κ3) is 5.70. The molecule has 2 fully saturated rings. The van der Waals surface area contributed by atoms with Gasteiger partial charge in [-0.15, -0.1) is 0 Å². The minimum atomic E-state index is -4.62. The number of anilines is 3. The number of nitrogens with two attached hydrogens (primary N) is 1. The number of amides is 3. The number of likely N-dealkylation sites (N-methyl/N-ethyl adjacent to an activating group) is 1. The van der Waals surface area contributed by atoms with Crippen molar-refractivity contribution in [2.75, 3.05) is 55.3 Å². The lowest BCUT2D eigenvalue weighted by atomic mass is 10.0. The normalized spacial score (nSPS) is 17.1. The lowest BCUT2D eigenvalue weighted by molar-refractivity contribution is -0.138. The number of halogens is 3. The highest BCUT2D eigenvalue weighted by atomic mass is 19.4. The van der Waals surface area contributed by atoms with Gasteiger partial charge in [0.15, 0.2) is 0 Å². The molecule has 40 heavy (non-hydrogen) atoms. The number of urea groups is 1. The number of aryl methyl sites for hydroxylation is 1. The molecule has 3 aromatic rings. The van der Waals surface area contributed by atoms with Crippen LogP contribution in [0, 0.1) is 6.92 Å². The smallest absolute Gasteiger partial charge is 0.416 e. The van der Waals surface area contributed by atoms with Crippen molar-refractivity contribution >= 4 is 29.3 Å². The van der Waals surface area contributed by atoms with Crippen molar-refractivity contribution in [3.8, 4) is 11.6 Å². The number of rotatable bonds is 6. The highest BCUT2D eigenvalue weighted by molar-refractivity contribution is 6.27. The molecular weight excluding hydrogens is 527 g/mol. The highest BCUT2D eigenvalue weighted by Gasteiger charge is 2.41. The number of aromatic nitrogens is 2. The summed E-state index contributed by atoms with van der Waals surface area (Å²) in [7, 11) is 1.98. The average molecular weight is 556 g/mol. The van der Waals surface area contributed by atoms with Crippen molar-refractivity contribution in [1.82, 2.24) is 19.8 Å². The topological polar surface area (TPSA) is 108 Å². The zero-order valence-corrected chi connectivity index (χ0v) is 22.0. The molecule has 13 heteroatoms. The summed E-state index contributed by atoms with van der Waals surface area (Å²) in [4.78, 5) is 40.2. The van der Waals surface area contributed by atoms with E-state index >= 15 is 0 Å². The van der Waals surface area contributed by atoms with Crippen molar-refractivity contribution in [3.63, 3.8) is 0 Å². The number of alkyl halides is 3. The summed E-state index contributed by atoms with van der Waals surface area (Å²) in [5.74, 6) is 0.0948. The van der Waals surface area contributed by atoms with Crippen LogP contribution in [0.15, 0.2) is 48.7 Å². The van der Waals surface area contributed by atoms with Gasteiger partial charge in [-0.25, -0.2) is 14.7 Å². The molecule has 10 nitrogen and oxygen atoms in total. The van der Waals surface area contributed by atoms with Gasteiger partial charge in [0.2, 0.25) is 11.8 Å². The molecule has 2 aromatic carbocycles. The van der Waals surface area contributed by atoms with Gasteiger partial charge in [-0.1, -0.05) is 6.07 Å². The van der Waals surface area contributed by atoms with E-state index in [4.69, 9.17) is 10.5 Å². The summed E-state index contributed by atoms with van der Waals surface area (Å²) in [6.45, 7) is 4.35. The van der Waals surface area contributed by atoms with Crippen LogP contribution < -0.4 is 20.3 Å². The molecule has 0 spiro atoms. The first-order valence-corrected chi connectivity index (χ1v) is 12.6. The van der Waals surface area contributed by atoms with Crippen LogP contribution in [0.3, 0.4) is 0 Å². The molecule has 2 N–H and O–H groups in total. The molecular formula is C27H28F3N7O3. The zero-order valence-electron chi connectivity index (χ0n) is 22.0. The number of imide groups is 1. The summed E-state index contributed by atoms with van der Waals surface area (Å²) in [5, 5.41) is 0. The molecule has 5 rings (SSSR count). The maximum atomic E-state index is 14.1. The molecule has 0 saturated carbocycles. The number of carbonyl (C=O) groups is 2. The van der Waals surface area contributed by atoms with E-state index in [-0.39, 0.29) is 36.2 Å². The van der Waals surface area contributed by atoms with E-state index in [9.17, 15) is 22.8 Å². The van der Waals surface area contributed by atoms with E-state index in [1.807, 2.05) is 11.9 Å². The summed E-state index contributed by atoms with van der Waals surface area (Å²) in [6.07, 6.45) is -3.18. The van der Waals surface area contributed by atoms with Gasteiger partial charge in [0.1, 0.15) is 12.3 Å². The quantitative estimate of drug-likeness (QED) is 0.457. The van der Waals surface area contributed by atoms with E-state index in [0.717, 1.165) is 29.0 Å². The lowest BCUT2D eigenvalue weighted by Gasteiger charge is -2.33. The van der Waals surface area contributed by atoms with E-state index in [0.29, 0.717) is 30.1 Å². The number of nitrogen functional groups attached to an aromatic ring is 1. The first kappa shape index (κ1) is 27.3. The van der Waals surface area contributed by atoms with Gasteiger partial charge in [0, 0.05) is 50.7 Å². The number of benzene rings is 2. The van der Waals surface area contributed by atoms with E-state index < -0.39 is 23.7 Å². The number of hydrogen-bond acceptors (Lipinski definition) is 8. The molecule has 0 radical (unpaired) electrons. The Morgan fingerprint density at radius 1 is 1.02 bits per heavy atom. The molecule has 3 amide bonds. The summed E-state index contributed by atoms with van der Waals surface area (Å²) in [6, 6.07) is 9.32. The number of hydrogen-bond donors (Lipinski definition) is 1. The van der Waals surface area contributed by atoms with Crippen LogP contribution in [-0.4, -0.2) is 71.5 Å². The SMILES string of the molecule is Cc1cc(Oc2ccnc(N)n2)ccc1N1C(=O)CN(c2ccc(CN3CCN(C)CC3)c(C(F)(F)F)c2)C1=O. The third-order valence-corrected chi connectivity index (χ3v) is 6.95. The Kier molecular flexibility index (Phi) is 7.34. The molecule has 0 unspecified atom stereocenters. The maximum absolute atomic E-state index is 14.1. The summed E-state index contributed by atoms with van der Waals surface area (Å²) >= 11 is 0. The second-order valence-electron chi connectivity index (χ2n) is 9.82. The van der Waals surface area contributed by atoms with Crippen LogP contribution in [0.25, 0.3) is 0 Å². The standard InChI is InChI=1S/C27H28F3N7O3/c1-17-13-20(40-23-7-8-32-25(31)33-23)5-6-22(17)37-24(38)16-36(26(37)39)19-4-3-18(21(14-19)27(28,29)30)15-35-11-9-34(2)10-12-35/h3-8,13-14H,9-12,15-16H2,1-2H3,(H2,31,32,33). The molecule has 2 aliphatic heterocycles. The van der Waals surface area contributed by atoms with E-state index in [1.54, 1.807) is 19.1 Å². The fourth-order valence-electron chi connectivity index (χ4n) is 4.80. The van der Waals surface area contributed by atoms with Crippen molar-refractivity contribution in [3.05, 3.63) is 65.4 Å². The number of nitrogens with zero attached hydrogens (tertiary/aromatic N) is 6. The summed E-state index contributed by atoms with van der Waals surface area (Å²) < 4.78 is 47.9. The van der Waals surface area contributed by atoms with E-state index in [2.05, 4.69) is 14.9 Å². The van der Waals surface area contributed by atoms with Crippen LogP contribution >= 0.6 is 0 Å². The molecule has 2 saturated heterocycles. The zero-order chi connectivity index (χ0) is 28.6. The van der Waals surface area contributed by atoms with Gasteiger partial charge in [0.05, 0.1) is 11.3 Å². The van der Waals surface area contributed by atoms with Crippen LogP contribution in [0.2, 0.25) is 0 Å². The molecule has 0 bridgehead atoms. The monoisotopic (exact) mass is 555 g/mol.